The van der Waals surface area contributed by atoms with Crippen LogP contribution < -0.4 is 43.4 Å². The molecule has 15 N–H and O–H groups in total. The number of H-pyrrole nitrogens is 2. The van der Waals surface area contributed by atoms with Crippen LogP contribution >= 0.6 is 0 Å². The van der Waals surface area contributed by atoms with Crippen molar-refractivity contribution >= 4 is 59.2 Å². The average molecular weight is 946 g/mol. The lowest BCUT2D eigenvalue weighted by Gasteiger charge is -2.29. The third-order valence-corrected chi connectivity index (χ3v) is 10.5. The first-order valence-electron chi connectivity index (χ1n) is 21.7. The number of primary amides is 1. The number of carbonyl (C=O) groups excluding carboxylic acids is 8. The number of rotatable bonds is 27. The summed E-state index contributed by atoms with van der Waals surface area (Å²) >= 11 is 0. The second-order valence-corrected chi connectivity index (χ2v) is 17.3. The SMILES string of the molecule is CC(C)C[C@H](NC(=O)[C@H](CC(=O)O)NC(=O)[C@@H](NC(=O)[C@H](Cc1cnc[nH]1)NC(=O)[C@H](CC(N)=O)NC(=O)[C@H](Cc1cnc[nH]1)NC(=O)[C@@H]1CCCN1C(=O)[C@@H](N)CC(C)C)[C@@H](C)O)C(=O)O. The maximum absolute atomic E-state index is 14.0. The molecule has 0 aliphatic carbocycles. The molecule has 1 saturated heterocycles. The lowest BCUT2D eigenvalue weighted by atomic mass is 10.0. The standard InChI is InChI=1S/C41H63N13O13/c1-19(2)9-24(42)40(65)54-8-6-7-30(54)38(63)50-25(11-22-15-44-17-46-22)34(59)49-27(13-31(43)56)35(60)48-26(12-23-16-45-18-47-23)37(62)53-33(21(5)55)39(64)51-28(14-32(57)58)36(61)52-29(41(66)67)10-20(3)4/h15-21,24-30,33,55H,6-14,42H2,1-5H3,(H2,43,56)(H,44,46)(H,45,47)(H,48,60)(H,49,59)(H,50,63)(H,51,64)(H,52,61)(H,53,62)(H,57,58)(H,66,67)/t21-,24+,25+,26+,27+,28+,29+,30+,33+/m1/s1. The van der Waals surface area contributed by atoms with Crippen LogP contribution in [0.4, 0.5) is 0 Å². The zero-order chi connectivity index (χ0) is 50.1. The summed E-state index contributed by atoms with van der Waals surface area (Å²) in [5, 5.41) is 43.7. The summed E-state index contributed by atoms with van der Waals surface area (Å²) in [6, 6.07) is -11.9. The molecule has 26 heteroatoms. The minimum absolute atomic E-state index is 0.0336. The van der Waals surface area contributed by atoms with Gasteiger partial charge in [-0.2, -0.15) is 0 Å². The molecule has 370 valence electrons. The van der Waals surface area contributed by atoms with Crippen molar-refractivity contribution in [3.8, 4) is 0 Å². The van der Waals surface area contributed by atoms with Gasteiger partial charge in [-0.15, -0.1) is 0 Å². The number of carboxylic acids is 2. The van der Waals surface area contributed by atoms with Crippen molar-refractivity contribution in [2.45, 2.75) is 140 Å². The largest absolute Gasteiger partial charge is 0.481 e. The van der Waals surface area contributed by atoms with Gasteiger partial charge in [0.1, 0.15) is 42.3 Å². The number of hydrogen-bond acceptors (Lipinski definition) is 14. The summed E-state index contributed by atoms with van der Waals surface area (Å²) in [6.45, 7) is 8.52. The Morgan fingerprint density at radius 1 is 0.687 bits per heavy atom. The molecule has 2 aromatic heterocycles. The smallest absolute Gasteiger partial charge is 0.326 e. The van der Waals surface area contributed by atoms with E-state index in [0.717, 1.165) is 6.92 Å². The van der Waals surface area contributed by atoms with Gasteiger partial charge >= 0.3 is 11.9 Å². The summed E-state index contributed by atoms with van der Waals surface area (Å²) in [4.78, 5) is 146. The summed E-state index contributed by atoms with van der Waals surface area (Å²) in [6.07, 6.45) is 2.27. The maximum Gasteiger partial charge on any atom is 0.326 e. The van der Waals surface area contributed by atoms with Crippen LogP contribution in [0, 0.1) is 11.8 Å². The maximum atomic E-state index is 14.0. The van der Waals surface area contributed by atoms with E-state index < -0.39 is 126 Å². The number of likely N-dealkylation sites (tertiary alicyclic amines) is 1. The van der Waals surface area contributed by atoms with Crippen LogP contribution in [0.2, 0.25) is 0 Å². The molecule has 0 saturated carbocycles. The van der Waals surface area contributed by atoms with Crippen LogP contribution in [0.1, 0.15) is 84.5 Å². The van der Waals surface area contributed by atoms with Gasteiger partial charge in [-0.25, -0.2) is 14.8 Å². The average Bonchev–Trinajstić information content (AvgIpc) is 4.05. The molecular weight excluding hydrogens is 883 g/mol. The minimum atomic E-state index is -1.91. The van der Waals surface area contributed by atoms with E-state index in [2.05, 4.69) is 51.8 Å². The summed E-state index contributed by atoms with van der Waals surface area (Å²) in [5.41, 5.74) is 12.3. The highest BCUT2D eigenvalue weighted by Gasteiger charge is 2.40. The van der Waals surface area contributed by atoms with Crippen molar-refractivity contribution in [3.63, 3.8) is 0 Å². The predicted octanol–water partition coefficient (Wildman–Crippen LogP) is -3.95. The highest BCUT2D eigenvalue weighted by molar-refractivity contribution is 5.99. The number of imidazole rings is 2. The van der Waals surface area contributed by atoms with Gasteiger partial charge in [0.15, 0.2) is 0 Å². The first-order valence-corrected chi connectivity index (χ1v) is 21.7. The summed E-state index contributed by atoms with van der Waals surface area (Å²) in [5.74, 6) is -10.9. The van der Waals surface area contributed by atoms with Gasteiger partial charge in [-0.1, -0.05) is 27.7 Å². The highest BCUT2D eigenvalue weighted by atomic mass is 16.4. The first kappa shape index (κ1) is 54.4. The fraction of sp³-hybridized carbons (Fsp3) is 0.610. The van der Waals surface area contributed by atoms with Crippen molar-refractivity contribution in [1.29, 1.82) is 0 Å². The van der Waals surface area contributed by atoms with Gasteiger partial charge in [0.25, 0.3) is 0 Å². The Kier molecular flexibility index (Phi) is 20.8. The number of nitrogens with two attached hydrogens (primary N) is 2. The molecule has 26 nitrogen and oxygen atoms in total. The van der Waals surface area contributed by atoms with Gasteiger partial charge in [0, 0.05) is 43.2 Å². The second-order valence-electron chi connectivity index (χ2n) is 17.3. The van der Waals surface area contributed by atoms with Gasteiger partial charge in [0.2, 0.25) is 47.3 Å². The number of carbonyl (C=O) groups is 10. The molecule has 0 aromatic carbocycles. The van der Waals surface area contributed by atoms with E-state index in [-0.39, 0.29) is 49.8 Å². The lowest BCUT2D eigenvalue weighted by molar-refractivity contribution is -0.144. The highest BCUT2D eigenvalue weighted by Crippen LogP contribution is 2.20. The van der Waals surface area contributed by atoms with Gasteiger partial charge in [-0.3, -0.25) is 43.2 Å². The third kappa shape index (κ3) is 17.4. The van der Waals surface area contributed by atoms with Crippen molar-refractivity contribution in [1.82, 2.24) is 56.7 Å². The molecule has 1 fully saturated rings. The Morgan fingerprint density at radius 2 is 1.16 bits per heavy atom. The molecule has 2 aromatic rings. The fourth-order valence-corrected chi connectivity index (χ4v) is 7.27. The van der Waals surface area contributed by atoms with Crippen LogP contribution in [-0.2, 0) is 60.8 Å². The molecular formula is C41H63N13O13. The van der Waals surface area contributed by atoms with E-state index in [4.69, 9.17) is 11.5 Å². The molecule has 0 bridgehead atoms. The molecule has 0 spiro atoms. The molecule has 1 aliphatic rings. The van der Waals surface area contributed by atoms with E-state index in [1.54, 1.807) is 13.8 Å². The molecule has 3 heterocycles. The van der Waals surface area contributed by atoms with E-state index in [0.29, 0.717) is 18.5 Å². The van der Waals surface area contributed by atoms with E-state index >= 15 is 0 Å². The van der Waals surface area contributed by atoms with Crippen molar-refractivity contribution < 1.29 is 63.3 Å². The number of carboxylic acid groups (broad SMARTS) is 2. The number of amides is 8. The van der Waals surface area contributed by atoms with Gasteiger partial charge in [0.05, 0.1) is 37.6 Å². The number of nitrogens with one attached hydrogen (secondary N) is 8. The molecule has 8 amide bonds. The van der Waals surface area contributed by atoms with Crippen molar-refractivity contribution in [2.75, 3.05) is 6.54 Å². The zero-order valence-corrected chi connectivity index (χ0v) is 37.9. The van der Waals surface area contributed by atoms with E-state index in [1.165, 1.54) is 29.9 Å². The number of aromatic amines is 2. The molecule has 0 unspecified atom stereocenters. The normalized spacial score (nSPS) is 17.1. The topological polar surface area (TPSA) is 416 Å². The van der Waals surface area contributed by atoms with Crippen LogP contribution in [0.5, 0.6) is 0 Å². The van der Waals surface area contributed by atoms with Crippen LogP contribution in [0.25, 0.3) is 0 Å². The Labute approximate surface area is 385 Å². The molecule has 3 rings (SSSR count). The van der Waals surface area contributed by atoms with Crippen molar-refractivity contribution in [2.24, 2.45) is 23.3 Å². The second kappa shape index (κ2) is 25.7. The van der Waals surface area contributed by atoms with Crippen LogP contribution in [-0.4, -0.2) is 160 Å². The number of aromatic nitrogens is 4. The first-order chi connectivity index (χ1) is 31.5. The van der Waals surface area contributed by atoms with E-state index in [9.17, 15) is 63.3 Å². The number of aliphatic hydroxyl groups excluding tert-OH is 1. The fourth-order valence-electron chi connectivity index (χ4n) is 7.27. The number of aliphatic carboxylic acids is 2. The van der Waals surface area contributed by atoms with Gasteiger partial charge < -0.3 is 73.6 Å². The monoisotopic (exact) mass is 945 g/mol. The van der Waals surface area contributed by atoms with Crippen LogP contribution in [0.3, 0.4) is 0 Å². The Bertz CT molecular complexity index is 2050. The quantitative estimate of drug-likeness (QED) is 0.0407. The number of aliphatic hydroxyl groups is 1. The van der Waals surface area contributed by atoms with Crippen molar-refractivity contribution in [3.05, 3.63) is 36.4 Å². The summed E-state index contributed by atoms with van der Waals surface area (Å²) in [7, 11) is 0. The molecule has 1 aliphatic heterocycles. The predicted molar refractivity (Wildman–Crippen MR) is 233 cm³/mol. The Morgan fingerprint density at radius 3 is 1.64 bits per heavy atom. The Balaban J connectivity index is 1.86. The Hall–Kier alpha value is -6.96. The molecule has 9 atom stereocenters. The van der Waals surface area contributed by atoms with E-state index in [1.807, 2.05) is 13.8 Å². The molecule has 0 radical (unpaired) electrons. The van der Waals surface area contributed by atoms with Gasteiger partial charge in [-0.05, 0) is 44.4 Å². The third-order valence-electron chi connectivity index (χ3n) is 10.5. The number of hydrogen-bond donors (Lipinski definition) is 13. The number of nitrogens with zero attached hydrogens (tertiary/aromatic N) is 3. The summed E-state index contributed by atoms with van der Waals surface area (Å²) < 4.78 is 0. The molecule has 67 heavy (non-hydrogen) atoms. The minimum Gasteiger partial charge on any atom is -0.481 e. The zero-order valence-electron chi connectivity index (χ0n) is 37.9. The van der Waals surface area contributed by atoms with Crippen LogP contribution in [0.15, 0.2) is 25.0 Å². The lowest BCUT2D eigenvalue weighted by Crippen LogP contribution is -2.62.